The standard InChI is InChI=1S/C14H16N2O2S/c1-3-12-5-6-13(19-12)9-15-14-7-4-11(16(17)18)8-10(14)2/h4-8,15H,3,9H2,1-2H3. The second-order valence-corrected chi connectivity index (χ2v) is 5.58. The summed E-state index contributed by atoms with van der Waals surface area (Å²) in [4.78, 5) is 12.9. The van der Waals surface area contributed by atoms with Crippen LogP contribution in [-0.2, 0) is 13.0 Å². The lowest BCUT2D eigenvalue weighted by atomic mass is 10.2. The molecule has 0 fully saturated rings. The van der Waals surface area contributed by atoms with Crippen molar-refractivity contribution in [3.05, 3.63) is 55.8 Å². The van der Waals surface area contributed by atoms with Gasteiger partial charge in [-0.05, 0) is 37.1 Å². The molecule has 0 aliphatic carbocycles. The molecule has 0 radical (unpaired) electrons. The van der Waals surface area contributed by atoms with Gasteiger partial charge in [-0.3, -0.25) is 10.1 Å². The molecule has 1 aromatic carbocycles. The number of non-ortho nitro benzene ring substituents is 1. The Morgan fingerprint density at radius 1 is 1.26 bits per heavy atom. The molecule has 100 valence electrons. The maximum Gasteiger partial charge on any atom is 0.269 e. The van der Waals surface area contributed by atoms with Gasteiger partial charge >= 0.3 is 0 Å². The number of hydrogen-bond donors (Lipinski definition) is 1. The predicted octanol–water partition coefficient (Wildman–Crippen LogP) is 4.14. The molecule has 4 nitrogen and oxygen atoms in total. The van der Waals surface area contributed by atoms with Crippen LogP contribution in [0.25, 0.3) is 0 Å². The summed E-state index contributed by atoms with van der Waals surface area (Å²) in [6.07, 6.45) is 1.06. The van der Waals surface area contributed by atoms with Gasteiger partial charge in [0.15, 0.2) is 0 Å². The van der Waals surface area contributed by atoms with E-state index in [-0.39, 0.29) is 10.6 Å². The van der Waals surface area contributed by atoms with Crippen molar-refractivity contribution in [1.29, 1.82) is 0 Å². The van der Waals surface area contributed by atoms with Crippen molar-refractivity contribution in [2.24, 2.45) is 0 Å². The first-order valence-corrected chi connectivity index (χ1v) is 6.98. The Hall–Kier alpha value is -1.88. The SMILES string of the molecule is CCc1ccc(CNc2ccc([N+](=O)[O-])cc2C)s1. The van der Waals surface area contributed by atoms with Crippen LogP contribution in [0.2, 0.25) is 0 Å². The maximum absolute atomic E-state index is 10.7. The highest BCUT2D eigenvalue weighted by Gasteiger charge is 2.08. The Bertz CT molecular complexity index is 593. The minimum absolute atomic E-state index is 0.132. The van der Waals surface area contributed by atoms with Gasteiger partial charge in [-0.25, -0.2) is 0 Å². The maximum atomic E-state index is 10.7. The first-order valence-electron chi connectivity index (χ1n) is 6.16. The van der Waals surface area contributed by atoms with E-state index in [0.29, 0.717) is 0 Å². The Morgan fingerprint density at radius 3 is 2.58 bits per heavy atom. The lowest BCUT2D eigenvalue weighted by molar-refractivity contribution is -0.384. The molecule has 0 saturated heterocycles. The topological polar surface area (TPSA) is 55.2 Å². The van der Waals surface area contributed by atoms with Gasteiger partial charge < -0.3 is 5.32 Å². The first kappa shape index (κ1) is 13.5. The average molecular weight is 276 g/mol. The van der Waals surface area contributed by atoms with Gasteiger partial charge in [0, 0.05) is 34.1 Å². The lowest BCUT2D eigenvalue weighted by Crippen LogP contribution is -2.00. The summed E-state index contributed by atoms with van der Waals surface area (Å²) in [5, 5.41) is 14.0. The fourth-order valence-corrected chi connectivity index (χ4v) is 2.75. The van der Waals surface area contributed by atoms with Crippen molar-refractivity contribution >= 4 is 22.7 Å². The summed E-state index contributed by atoms with van der Waals surface area (Å²) in [6, 6.07) is 9.15. The van der Waals surface area contributed by atoms with E-state index in [1.165, 1.54) is 15.8 Å². The number of nitro groups is 1. The molecule has 0 aliphatic heterocycles. The van der Waals surface area contributed by atoms with Gasteiger partial charge in [0.25, 0.3) is 5.69 Å². The first-order chi connectivity index (χ1) is 9.10. The summed E-state index contributed by atoms with van der Waals surface area (Å²) in [7, 11) is 0. The van der Waals surface area contributed by atoms with Gasteiger partial charge in [0.2, 0.25) is 0 Å². The summed E-state index contributed by atoms with van der Waals surface area (Å²) in [5.74, 6) is 0. The molecule has 19 heavy (non-hydrogen) atoms. The van der Waals surface area contributed by atoms with Crippen molar-refractivity contribution < 1.29 is 4.92 Å². The Kier molecular flexibility index (Phi) is 4.16. The van der Waals surface area contributed by atoms with Crippen LogP contribution < -0.4 is 5.32 Å². The minimum Gasteiger partial charge on any atom is -0.380 e. The molecule has 2 rings (SSSR count). The Labute approximate surface area is 116 Å². The number of anilines is 1. The van der Waals surface area contributed by atoms with E-state index in [1.54, 1.807) is 23.5 Å². The van der Waals surface area contributed by atoms with Crippen LogP contribution in [0.5, 0.6) is 0 Å². The van der Waals surface area contributed by atoms with Crippen molar-refractivity contribution in [3.8, 4) is 0 Å². The van der Waals surface area contributed by atoms with Gasteiger partial charge in [0.1, 0.15) is 0 Å². The number of hydrogen-bond acceptors (Lipinski definition) is 4. The summed E-state index contributed by atoms with van der Waals surface area (Å²) in [5.41, 5.74) is 1.96. The van der Waals surface area contributed by atoms with E-state index < -0.39 is 0 Å². The highest BCUT2D eigenvalue weighted by molar-refractivity contribution is 7.12. The lowest BCUT2D eigenvalue weighted by Gasteiger charge is -2.08. The van der Waals surface area contributed by atoms with Crippen molar-refractivity contribution in [2.75, 3.05) is 5.32 Å². The minimum atomic E-state index is -0.371. The third-order valence-corrected chi connectivity index (χ3v) is 4.17. The molecule has 0 amide bonds. The zero-order valence-corrected chi connectivity index (χ0v) is 11.8. The van der Waals surface area contributed by atoms with Crippen LogP contribution in [0.15, 0.2) is 30.3 Å². The predicted molar refractivity (Wildman–Crippen MR) is 78.9 cm³/mol. The van der Waals surface area contributed by atoms with E-state index >= 15 is 0 Å². The normalized spacial score (nSPS) is 10.4. The number of thiophene rings is 1. The molecule has 0 saturated carbocycles. The van der Waals surface area contributed by atoms with Crippen LogP contribution in [0.3, 0.4) is 0 Å². The third kappa shape index (κ3) is 3.32. The van der Waals surface area contributed by atoms with Gasteiger partial charge in [0.05, 0.1) is 4.92 Å². The average Bonchev–Trinajstić information content (AvgIpc) is 2.85. The molecule has 0 bridgehead atoms. The van der Waals surface area contributed by atoms with E-state index in [1.807, 2.05) is 6.92 Å². The second kappa shape index (κ2) is 5.84. The molecule has 1 heterocycles. The molecule has 0 spiro atoms. The quantitative estimate of drug-likeness (QED) is 0.659. The van der Waals surface area contributed by atoms with Gasteiger partial charge in [-0.2, -0.15) is 0 Å². The summed E-state index contributed by atoms with van der Waals surface area (Å²) < 4.78 is 0. The van der Waals surface area contributed by atoms with E-state index in [9.17, 15) is 10.1 Å². The molecule has 0 unspecified atom stereocenters. The second-order valence-electron chi connectivity index (χ2n) is 4.33. The van der Waals surface area contributed by atoms with Crippen LogP contribution in [-0.4, -0.2) is 4.92 Å². The number of benzene rings is 1. The van der Waals surface area contributed by atoms with Crippen molar-refractivity contribution in [1.82, 2.24) is 0 Å². The highest BCUT2D eigenvalue weighted by atomic mass is 32.1. The summed E-state index contributed by atoms with van der Waals surface area (Å²) in [6.45, 7) is 4.77. The Morgan fingerprint density at radius 2 is 2.00 bits per heavy atom. The van der Waals surface area contributed by atoms with Crippen LogP contribution in [0, 0.1) is 17.0 Å². The number of aryl methyl sites for hydroxylation is 2. The van der Waals surface area contributed by atoms with Crippen LogP contribution >= 0.6 is 11.3 Å². The van der Waals surface area contributed by atoms with E-state index in [0.717, 1.165) is 24.2 Å². The van der Waals surface area contributed by atoms with Crippen molar-refractivity contribution in [3.63, 3.8) is 0 Å². The summed E-state index contributed by atoms with van der Waals surface area (Å²) >= 11 is 1.80. The number of nitro benzene ring substituents is 1. The zero-order chi connectivity index (χ0) is 13.8. The molecule has 2 aromatic rings. The number of nitrogens with one attached hydrogen (secondary N) is 1. The van der Waals surface area contributed by atoms with Crippen LogP contribution in [0.4, 0.5) is 11.4 Å². The molecule has 0 aliphatic rings. The molecule has 1 N–H and O–H groups in total. The molecule has 5 heteroatoms. The van der Waals surface area contributed by atoms with Gasteiger partial charge in [-0.15, -0.1) is 11.3 Å². The number of rotatable bonds is 5. The fourth-order valence-electron chi connectivity index (χ4n) is 1.85. The smallest absolute Gasteiger partial charge is 0.269 e. The fraction of sp³-hybridized carbons (Fsp3) is 0.286. The third-order valence-electron chi connectivity index (χ3n) is 2.94. The Balaban J connectivity index is 2.05. The van der Waals surface area contributed by atoms with Crippen LogP contribution in [0.1, 0.15) is 22.2 Å². The largest absolute Gasteiger partial charge is 0.380 e. The monoisotopic (exact) mass is 276 g/mol. The molecule has 0 atom stereocenters. The van der Waals surface area contributed by atoms with Crippen molar-refractivity contribution in [2.45, 2.75) is 26.8 Å². The highest BCUT2D eigenvalue weighted by Crippen LogP contribution is 2.23. The number of nitrogens with zero attached hydrogens (tertiary/aromatic N) is 1. The zero-order valence-electron chi connectivity index (χ0n) is 11.0. The molecule has 1 aromatic heterocycles. The van der Waals surface area contributed by atoms with E-state index in [2.05, 4.69) is 24.4 Å². The van der Waals surface area contributed by atoms with Gasteiger partial charge in [-0.1, -0.05) is 6.92 Å². The van der Waals surface area contributed by atoms with E-state index in [4.69, 9.17) is 0 Å². The molecular formula is C14H16N2O2S. The molecular weight excluding hydrogens is 260 g/mol.